The smallest absolute Gasteiger partial charge is 0.310 e. The van der Waals surface area contributed by atoms with E-state index in [9.17, 15) is 9.90 Å². The van der Waals surface area contributed by atoms with Crippen LogP contribution >= 0.6 is 0 Å². The molecule has 1 aliphatic rings. The third-order valence-electron chi connectivity index (χ3n) is 6.95. The van der Waals surface area contributed by atoms with Crippen LogP contribution in [0.25, 0.3) is 10.8 Å². The van der Waals surface area contributed by atoms with Crippen LogP contribution in [0.3, 0.4) is 0 Å². The van der Waals surface area contributed by atoms with E-state index in [1.807, 2.05) is 57.2 Å². The summed E-state index contributed by atoms with van der Waals surface area (Å²) in [6.45, 7) is 8.22. The number of fused-ring (bicyclic) bond motifs is 2. The van der Waals surface area contributed by atoms with Gasteiger partial charge in [0.2, 0.25) is 0 Å². The third-order valence-corrected chi connectivity index (χ3v) is 6.95. The molecule has 0 saturated carbocycles. The molecule has 1 heterocycles. The summed E-state index contributed by atoms with van der Waals surface area (Å²) in [7, 11) is 1.65. The van der Waals surface area contributed by atoms with Gasteiger partial charge in [-0.05, 0) is 85.7 Å². The van der Waals surface area contributed by atoms with E-state index in [0.717, 1.165) is 62.9 Å². The summed E-state index contributed by atoms with van der Waals surface area (Å²) >= 11 is 0. The average Bonchev–Trinajstić information content (AvgIpc) is 2.80. The summed E-state index contributed by atoms with van der Waals surface area (Å²) in [5, 5.41) is 12.5. The molecule has 5 heteroatoms. The molecule has 174 valence electrons. The molecule has 1 aliphatic heterocycles. The Hall–Kier alpha value is -3.21. The van der Waals surface area contributed by atoms with E-state index in [0.29, 0.717) is 18.8 Å². The summed E-state index contributed by atoms with van der Waals surface area (Å²) in [5.74, 6) is 1.80. The average molecular weight is 449 g/mol. The van der Waals surface area contributed by atoms with E-state index in [1.54, 1.807) is 7.11 Å². The van der Waals surface area contributed by atoms with Gasteiger partial charge in [0.15, 0.2) is 0 Å². The summed E-state index contributed by atoms with van der Waals surface area (Å²) in [6.07, 6.45) is 2.50. The van der Waals surface area contributed by atoms with Crippen LogP contribution in [0.2, 0.25) is 0 Å². The van der Waals surface area contributed by atoms with Crippen LogP contribution in [0.5, 0.6) is 17.2 Å². The lowest BCUT2D eigenvalue weighted by molar-refractivity contribution is -0.144. The van der Waals surface area contributed by atoms with Crippen molar-refractivity contribution in [3.8, 4) is 17.2 Å². The van der Waals surface area contributed by atoms with Crippen LogP contribution in [0.15, 0.2) is 36.4 Å². The second kappa shape index (κ2) is 8.97. The first kappa shape index (κ1) is 23.0. The van der Waals surface area contributed by atoms with Crippen molar-refractivity contribution >= 4 is 16.7 Å². The fraction of sp³-hybridized carbons (Fsp3) is 0.393. The number of carbonyl (C=O) groups is 1. The molecule has 0 aromatic heterocycles. The summed E-state index contributed by atoms with van der Waals surface area (Å²) in [6, 6.07) is 11.9. The molecule has 1 N–H and O–H groups in total. The van der Waals surface area contributed by atoms with E-state index < -0.39 is 5.60 Å². The number of phenolic OH excluding ortho intramolecular Hbond substituents is 1. The van der Waals surface area contributed by atoms with Gasteiger partial charge in [0.25, 0.3) is 0 Å². The number of methoxy groups -OCH3 is 1. The molecule has 5 nitrogen and oxygen atoms in total. The molecule has 3 aromatic rings. The van der Waals surface area contributed by atoms with Gasteiger partial charge in [0.1, 0.15) is 22.8 Å². The van der Waals surface area contributed by atoms with Crippen molar-refractivity contribution in [2.75, 3.05) is 13.7 Å². The molecule has 1 atom stereocenters. The number of hydrogen-bond donors (Lipinski definition) is 1. The van der Waals surface area contributed by atoms with Crippen LogP contribution in [0.1, 0.15) is 47.6 Å². The maximum atomic E-state index is 12.5. The molecule has 0 spiro atoms. The third kappa shape index (κ3) is 4.63. The Morgan fingerprint density at radius 1 is 1.06 bits per heavy atom. The van der Waals surface area contributed by atoms with Crippen molar-refractivity contribution in [2.24, 2.45) is 0 Å². The van der Waals surface area contributed by atoms with Gasteiger partial charge in [-0.1, -0.05) is 24.3 Å². The second-order valence-corrected chi connectivity index (χ2v) is 9.28. The highest BCUT2D eigenvalue weighted by Crippen LogP contribution is 2.44. The first-order valence-corrected chi connectivity index (χ1v) is 11.4. The molecular formula is C28H32O5. The maximum absolute atomic E-state index is 12.5. The maximum Gasteiger partial charge on any atom is 0.310 e. The van der Waals surface area contributed by atoms with Crippen LogP contribution in [-0.4, -0.2) is 30.4 Å². The lowest BCUT2D eigenvalue weighted by atomic mass is 9.86. The molecule has 0 bridgehead atoms. The minimum absolute atomic E-state index is 0.235. The summed E-state index contributed by atoms with van der Waals surface area (Å²) in [5.41, 5.74) is 4.33. The lowest BCUT2D eigenvalue weighted by Crippen LogP contribution is -2.38. The topological polar surface area (TPSA) is 65.0 Å². The molecule has 0 radical (unpaired) electrons. The van der Waals surface area contributed by atoms with Crippen molar-refractivity contribution in [1.82, 2.24) is 0 Å². The van der Waals surface area contributed by atoms with Gasteiger partial charge >= 0.3 is 5.97 Å². The Balaban J connectivity index is 1.36. The van der Waals surface area contributed by atoms with Gasteiger partial charge in [-0.25, -0.2) is 0 Å². The SMILES string of the molecule is COc1ccc2cc(CC(=O)OCCC3(C)CCc4c(C)c(O)c(C)c(C)c4O3)ccc2c1. The van der Waals surface area contributed by atoms with Crippen molar-refractivity contribution in [2.45, 2.75) is 59.0 Å². The Labute approximate surface area is 195 Å². The van der Waals surface area contributed by atoms with Gasteiger partial charge < -0.3 is 19.3 Å². The normalized spacial score (nSPS) is 17.4. The standard InChI is InChI=1S/C28H32O5/c1-17-18(2)27-24(19(3)26(17)30)10-11-28(4,33-27)12-13-32-25(29)15-20-6-7-22-16-23(31-5)9-8-21(22)14-20/h6-9,14,16,30H,10-13,15H2,1-5H3. The Morgan fingerprint density at radius 3 is 2.55 bits per heavy atom. The number of hydrogen-bond acceptors (Lipinski definition) is 5. The van der Waals surface area contributed by atoms with E-state index >= 15 is 0 Å². The zero-order chi connectivity index (χ0) is 23.8. The number of ether oxygens (including phenoxy) is 3. The van der Waals surface area contributed by atoms with E-state index in [4.69, 9.17) is 14.2 Å². The Morgan fingerprint density at radius 2 is 1.79 bits per heavy atom. The molecule has 0 aliphatic carbocycles. The Bertz CT molecular complexity index is 1210. The highest BCUT2D eigenvalue weighted by molar-refractivity contribution is 5.85. The highest BCUT2D eigenvalue weighted by Gasteiger charge is 2.34. The van der Waals surface area contributed by atoms with Crippen LogP contribution in [0.4, 0.5) is 0 Å². The van der Waals surface area contributed by atoms with Gasteiger partial charge in [-0.3, -0.25) is 4.79 Å². The van der Waals surface area contributed by atoms with Crippen molar-refractivity contribution in [3.63, 3.8) is 0 Å². The first-order valence-electron chi connectivity index (χ1n) is 11.4. The zero-order valence-corrected chi connectivity index (χ0v) is 20.1. The van der Waals surface area contributed by atoms with Crippen molar-refractivity contribution in [3.05, 3.63) is 64.2 Å². The van der Waals surface area contributed by atoms with Crippen molar-refractivity contribution in [1.29, 1.82) is 0 Å². The second-order valence-electron chi connectivity index (χ2n) is 9.28. The van der Waals surface area contributed by atoms with Gasteiger partial charge in [0.05, 0.1) is 20.1 Å². The van der Waals surface area contributed by atoms with Gasteiger partial charge in [-0.15, -0.1) is 0 Å². The monoisotopic (exact) mass is 448 g/mol. The molecule has 0 saturated heterocycles. The predicted molar refractivity (Wildman–Crippen MR) is 129 cm³/mol. The fourth-order valence-electron chi connectivity index (χ4n) is 4.58. The number of rotatable bonds is 6. The number of esters is 1. The van der Waals surface area contributed by atoms with E-state index in [2.05, 4.69) is 6.92 Å². The Kier molecular flexibility index (Phi) is 6.24. The predicted octanol–water partition coefficient (Wildman–Crippen LogP) is 5.74. The molecule has 3 aromatic carbocycles. The number of aromatic hydroxyl groups is 1. The largest absolute Gasteiger partial charge is 0.507 e. The van der Waals surface area contributed by atoms with Gasteiger partial charge in [0, 0.05) is 12.0 Å². The summed E-state index contributed by atoms with van der Waals surface area (Å²) in [4.78, 5) is 12.5. The fourth-order valence-corrected chi connectivity index (χ4v) is 4.58. The quantitative estimate of drug-likeness (QED) is 0.487. The van der Waals surface area contributed by atoms with E-state index in [-0.39, 0.29) is 12.4 Å². The number of carbonyl (C=O) groups excluding carboxylic acids is 1. The van der Waals surface area contributed by atoms with Gasteiger partial charge in [-0.2, -0.15) is 0 Å². The van der Waals surface area contributed by atoms with Crippen LogP contribution < -0.4 is 9.47 Å². The lowest BCUT2D eigenvalue weighted by Gasteiger charge is -2.37. The molecular weight excluding hydrogens is 416 g/mol. The highest BCUT2D eigenvalue weighted by atomic mass is 16.5. The number of phenols is 1. The van der Waals surface area contributed by atoms with Crippen LogP contribution in [-0.2, 0) is 22.4 Å². The number of benzene rings is 3. The van der Waals surface area contributed by atoms with E-state index in [1.165, 1.54) is 0 Å². The minimum Gasteiger partial charge on any atom is -0.507 e. The molecule has 33 heavy (non-hydrogen) atoms. The molecule has 0 amide bonds. The van der Waals surface area contributed by atoms with Crippen LogP contribution in [0, 0.1) is 20.8 Å². The zero-order valence-electron chi connectivity index (χ0n) is 20.1. The molecule has 0 fully saturated rings. The summed E-state index contributed by atoms with van der Waals surface area (Å²) < 4.78 is 17.3. The first-order chi connectivity index (χ1) is 15.7. The van der Waals surface area contributed by atoms with Crippen molar-refractivity contribution < 1.29 is 24.1 Å². The minimum atomic E-state index is -0.407. The molecule has 4 rings (SSSR count). The molecule has 1 unspecified atom stereocenters.